The molecule has 2 aliphatic rings. The second-order valence-electron chi connectivity index (χ2n) is 8.03. The van der Waals surface area contributed by atoms with Crippen LogP contribution in [0.25, 0.3) is 17.4 Å². The van der Waals surface area contributed by atoms with Gasteiger partial charge < -0.3 is 19.4 Å². The topological polar surface area (TPSA) is 92.1 Å². The predicted octanol–water partition coefficient (Wildman–Crippen LogP) is 4.46. The zero-order chi connectivity index (χ0) is 24.2. The first-order valence-corrected chi connectivity index (χ1v) is 12.0. The van der Waals surface area contributed by atoms with Crippen molar-refractivity contribution in [1.82, 2.24) is 4.90 Å². The maximum absolute atomic E-state index is 12.8. The van der Waals surface area contributed by atoms with Crippen molar-refractivity contribution in [2.75, 3.05) is 43.1 Å². The van der Waals surface area contributed by atoms with Gasteiger partial charge >= 0.3 is 0 Å². The summed E-state index contributed by atoms with van der Waals surface area (Å²) in [6.07, 6.45) is 1.53. The summed E-state index contributed by atoms with van der Waals surface area (Å²) in [6, 6.07) is 20.6. The number of nitrogens with zero attached hydrogens (tertiary/aromatic N) is 2. The molecule has 0 saturated carbocycles. The number of nitrogens with one attached hydrogen (secondary N) is 1. The van der Waals surface area contributed by atoms with Crippen LogP contribution in [0.3, 0.4) is 0 Å². The number of morpholine rings is 1. The summed E-state index contributed by atoms with van der Waals surface area (Å²) < 4.78 is 11.2. The monoisotopic (exact) mass is 489 g/mol. The Hall–Kier alpha value is -3.82. The molecule has 3 aromatic rings. The first kappa shape index (κ1) is 22.9. The highest BCUT2D eigenvalue weighted by molar-refractivity contribution is 8.18. The quantitative estimate of drug-likeness (QED) is 0.511. The van der Waals surface area contributed by atoms with Crippen LogP contribution in [-0.2, 0) is 14.3 Å². The SMILES string of the molecule is O=C(CN1C(=O)S/C(=C\c2ccc(-c3ccccc3)o2)C1=O)Nc1ccc(N2CCOCC2)cc1. The third-order valence-corrected chi connectivity index (χ3v) is 6.57. The minimum Gasteiger partial charge on any atom is -0.457 e. The number of hydrogen-bond acceptors (Lipinski definition) is 7. The average molecular weight is 490 g/mol. The lowest BCUT2D eigenvalue weighted by atomic mass is 10.2. The number of anilines is 2. The van der Waals surface area contributed by atoms with Crippen molar-refractivity contribution >= 4 is 46.3 Å². The molecule has 35 heavy (non-hydrogen) atoms. The summed E-state index contributed by atoms with van der Waals surface area (Å²) in [7, 11) is 0. The van der Waals surface area contributed by atoms with Crippen LogP contribution in [0.5, 0.6) is 0 Å². The minimum atomic E-state index is -0.518. The van der Waals surface area contributed by atoms with Crippen LogP contribution in [0.4, 0.5) is 16.2 Å². The second kappa shape index (κ2) is 10.2. The highest BCUT2D eigenvalue weighted by Crippen LogP contribution is 2.33. The van der Waals surface area contributed by atoms with E-state index < -0.39 is 17.1 Å². The minimum absolute atomic E-state index is 0.214. The van der Waals surface area contributed by atoms with Crippen molar-refractivity contribution in [2.45, 2.75) is 0 Å². The molecular formula is C26H23N3O5S. The van der Waals surface area contributed by atoms with E-state index in [1.54, 1.807) is 18.2 Å². The number of imide groups is 1. The maximum atomic E-state index is 12.8. The molecule has 8 nitrogen and oxygen atoms in total. The van der Waals surface area contributed by atoms with E-state index in [9.17, 15) is 14.4 Å². The van der Waals surface area contributed by atoms with Gasteiger partial charge in [-0.2, -0.15) is 0 Å². The van der Waals surface area contributed by atoms with Crippen LogP contribution < -0.4 is 10.2 Å². The van der Waals surface area contributed by atoms with Gasteiger partial charge in [-0.15, -0.1) is 0 Å². The van der Waals surface area contributed by atoms with E-state index in [1.807, 2.05) is 48.5 Å². The Labute approximate surface area is 206 Å². The largest absolute Gasteiger partial charge is 0.457 e. The summed E-state index contributed by atoms with van der Waals surface area (Å²) in [6.45, 7) is 2.67. The number of thioether (sulfide) groups is 1. The van der Waals surface area contributed by atoms with Crippen molar-refractivity contribution < 1.29 is 23.5 Å². The van der Waals surface area contributed by atoms with Crippen molar-refractivity contribution in [3.63, 3.8) is 0 Å². The molecule has 0 aliphatic carbocycles. The zero-order valence-electron chi connectivity index (χ0n) is 18.8. The van der Waals surface area contributed by atoms with Crippen LogP contribution in [-0.4, -0.2) is 54.8 Å². The van der Waals surface area contributed by atoms with Gasteiger partial charge in [0.25, 0.3) is 11.1 Å². The fourth-order valence-electron chi connectivity index (χ4n) is 3.87. The Balaban J connectivity index is 1.20. The molecule has 9 heteroatoms. The third-order valence-electron chi connectivity index (χ3n) is 5.66. The Morgan fingerprint density at radius 1 is 0.971 bits per heavy atom. The van der Waals surface area contributed by atoms with E-state index in [0.29, 0.717) is 30.4 Å². The van der Waals surface area contributed by atoms with Gasteiger partial charge in [0.2, 0.25) is 5.91 Å². The molecule has 3 amide bonds. The molecule has 0 bridgehead atoms. The van der Waals surface area contributed by atoms with E-state index in [0.717, 1.165) is 41.0 Å². The number of benzene rings is 2. The van der Waals surface area contributed by atoms with Crippen molar-refractivity contribution in [3.05, 3.63) is 77.4 Å². The summed E-state index contributed by atoms with van der Waals surface area (Å²) in [4.78, 5) is 41.1. The van der Waals surface area contributed by atoms with E-state index in [-0.39, 0.29) is 11.4 Å². The van der Waals surface area contributed by atoms with Gasteiger partial charge in [-0.05, 0) is 48.2 Å². The maximum Gasteiger partial charge on any atom is 0.294 e. The normalized spacial score (nSPS) is 17.3. The van der Waals surface area contributed by atoms with Crippen LogP contribution in [0.1, 0.15) is 5.76 Å². The summed E-state index contributed by atoms with van der Waals surface area (Å²) in [5, 5.41) is 2.26. The zero-order valence-corrected chi connectivity index (χ0v) is 19.6. The van der Waals surface area contributed by atoms with Crippen molar-refractivity contribution in [2.24, 2.45) is 0 Å². The molecule has 1 aromatic heterocycles. The fraction of sp³-hybridized carbons (Fsp3) is 0.192. The second-order valence-corrected chi connectivity index (χ2v) is 9.02. The summed E-state index contributed by atoms with van der Waals surface area (Å²) in [5.74, 6) is 0.154. The average Bonchev–Trinajstić information content (AvgIpc) is 3.46. The van der Waals surface area contributed by atoms with Gasteiger partial charge in [-0.3, -0.25) is 19.3 Å². The van der Waals surface area contributed by atoms with Crippen molar-refractivity contribution in [1.29, 1.82) is 0 Å². The molecule has 2 fully saturated rings. The molecule has 5 rings (SSSR count). The Morgan fingerprint density at radius 2 is 1.71 bits per heavy atom. The van der Waals surface area contributed by atoms with E-state index in [2.05, 4.69) is 10.2 Å². The summed E-state index contributed by atoms with van der Waals surface area (Å²) in [5.41, 5.74) is 2.56. The standard InChI is InChI=1S/C26H23N3O5S/c30-24(27-19-6-8-20(9-7-19)28-12-14-33-15-13-28)17-29-25(31)23(35-26(29)32)16-21-10-11-22(34-21)18-4-2-1-3-5-18/h1-11,16H,12-15,17H2,(H,27,30)/b23-16-. The van der Waals surface area contributed by atoms with Gasteiger partial charge in [0, 0.05) is 36.1 Å². The molecule has 2 aromatic carbocycles. The van der Waals surface area contributed by atoms with E-state index in [1.165, 1.54) is 6.08 Å². The van der Waals surface area contributed by atoms with Gasteiger partial charge in [0.1, 0.15) is 18.1 Å². The number of carbonyl (C=O) groups is 3. The number of amides is 3. The Bertz CT molecular complexity index is 1260. The van der Waals surface area contributed by atoms with Crippen LogP contribution >= 0.6 is 11.8 Å². The van der Waals surface area contributed by atoms with E-state index in [4.69, 9.17) is 9.15 Å². The molecule has 0 spiro atoms. The Kier molecular flexibility index (Phi) is 6.69. The number of hydrogen-bond donors (Lipinski definition) is 1. The molecule has 0 radical (unpaired) electrons. The molecule has 0 unspecified atom stereocenters. The lowest BCUT2D eigenvalue weighted by molar-refractivity contribution is -0.127. The highest BCUT2D eigenvalue weighted by Gasteiger charge is 2.36. The molecule has 2 aliphatic heterocycles. The molecule has 2 saturated heterocycles. The smallest absolute Gasteiger partial charge is 0.294 e. The van der Waals surface area contributed by atoms with Crippen LogP contribution in [0.2, 0.25) is 0 Å². The fourth-order valence-corrected chi connectivity index (χ4v) is 4.69. The van der Waals surface area contributed by atoms with E-state index >= 15 is 0 Å². The molecule has 3 heterocycles. The molecule has 1 N–H and O–H groups in total. The van der Waals surface area contributed by atoms with Gasteiger partial charge in [-0.1, -0.05) is 30.3 Å². The molecule has 178 valence electrons. The number of furan rings is 1. The van der Waals surface area contributed by atoms with Gasteiger partial charge in [-0.25, -0.2) is 0 Å². The first-order valence-electron chi connectivity index (χ1n) is 11.2. The molecular weight excluding hydrogens is 466 g/mol. The first-order chi connectivity index (χ1) is 17.1. The highest BCUT2D eigenvalue weighted by atomic mass is 32.2. The Morgan fingerprint density at radius 3 is 2.46 bits per heavy atom. The lowest BCUT2D eigenvalue weighted by Crippen LogP contribution is -2.36. The van der Waals surface area contributed by atoms with Crippen molar-refractivity contribution in [3.8, 4) is 11.3 Å². The predicted molar refractivity (Wildman–Crippen MR) is 135 cm³/mol. The molecule has 0 atom stereocenters. The summed E-state index contributed by atoms with van der Waals surface area (Å²) >= 11 is 0.791. The number of ether oxygens (including phenoxy) is 1. The number of rotatable bonds is 6. The van der Waals surface area contributed by atoms with Crippen LogP contribution in [0, 0.1) is 0 Å². The van der Waals surface area contributed by atoms with Crippen LogP contribution in [0.15, 0.2) is 76.1 Å². The third kappa shape index (κ3) is 5.31. The van der Waals surface area contributed by atoms with Gasteiger partial charge in [0.05, 0.1) is 18.1 Å². The lowest BCUT2D eigenvalue weighted by Gasteiger charge is -2.28. The van der Waals surface area contributed by atoms with Gasteiger partial charge in [0.15, 0.2) is 0 Å². The number of carbonyl (C=O) groups excluding carboxylic acids is 3.